The highest BCUT2D eigenvalue weighted by Gasteiger charge is 2.51. The molecule has 0 bridgehead atoms. The Morgan fingerprint density at radius 3 is 2.37 bits per heavy atom. The first kappa shape index (κ1) is 14.6. The summed E-state index contributed by atoms with van der Waals surface area (Å²) in [6.07, 6.45) is -2.62. The van der Waals surface area contributed by atoms with E-state index in [2.05, 4.69) is 0 Å². The lowest BCUT2D eigenvalue weighted by atomic mass is 9.95. The van der Waals surface area contributed by atoms with Gasteiger partial charge in [0.15, 0.2) is 0 Å². The minimum absolute atomic E-state index is 0.117. The summed E-state index contributed by atoms with van der Waals surface area (Å²) in [5.74, 6) is -3.23. The quantitative estimate of drug-likeness (QED) is 0.839. The molecule has 110 valence electrons. The number of carbonyl (C=O) groups is 1. The molecule has 4 nitrogen and oxygen atoms in total. The highest BCUT2D eigenvalue weighted by Crippen LogP contribution is 2.38. The minimum Gasteiger partial charge on any atom is -0.381 e. The Hall–Kier alpha value is -0.820. The fraction of sp³-hybridized carbons (Fsp3) is 0.917. The van der Waals surface area contributed by atoms with Crippen molar-refractivity contribution in [2.75, 3.05) is 32.8 Å². The molecule has 2 N–H and O–H groups in total. The molecular weight excluding hydrogens is 261 g/mol. The third kappa shape index (κ3) is 3.60. The van der Waals surface area contributed by atoms with Gasteiger partial charge in [-0.05, 0) is 18.8 Å². The van der Waals surface area contributed by atoms with Crippen LogP contribution in [0.25, 0.3) is 0 Å². The summed E-state index contributed by atoms with van der Waals surface area (Å²) in [7, 11) is 0. The summed E-state index contributed by atoms with van der Waals surface area (Å²) < 4.78 is 43.8. The molecule has 19 heavy (non-hydrogen) atoms. The van der Waals surface area contributed by atoms with Gasteiger partial charge in [0, 0.05) is 32.8 Å². The summed E-state index contributed by atoms with van der Waals surface area (Å²) in [6.45, 7) is 1.94. The summed E-state index contributed by atoms with van der Waals surface area (Å²) in [5.41, 5.74) is 5.09. The van der Waals surface area contributed by atoms with Gasteiger partial charge in [0.2, 0.25) is 5.91 Å². The monoisotopic (exact) mass is 280 g/mol. The van der Waals surface area contributed by atoms with Gasteiger partial charge in [0.25, 0.3) is 0 Å². The molecular formula is C12H19F3N2O2. The van der Waals surface area contributed by atoms with Crippen LogP contribution in [0.2, 0.25) is 0 Å². The van der Waals surface area contributed by atoms with Crippen LogP contribution in [0.15, 0.2) is 0 Å². The van der Waals surface area contributed by atoms with Crippen LogP contribution in [0.1, 0.15) is 12.8 Å². The molecule has 0 unspecified atom stereocenters. The number of halogens is 3. The first-order chi connectivity index (χ1) is 8.88. The maximum Gasteiger partial charge on any atom is 0.393 e. The van der Waals surface area contributed by atoms with Crippen LogP contribution in [-0.2, 0) is 9.53 Å². The van der Waals surface area contributed by atoms with Gasteiger partial charge in [0.05, 0.1) is 11.8 Å². The van der Waals surface area contributed by atoms with E-state index < -0.39 is 23.9 Å². The summed E-state index contributed by atoms with van der Waals surface area (Å²) in [6, 6.07) is 0. The Morgan fingerprint density at radius 1 is 1.26 bits per heavy atom. The number of rotatable bonds is 3. The van der Waals surface area contributed by atoms with Gasteiger partial charge in [-0.3, -0.25) is 4.79 Å². The van der Waals surface area contributed by atoms with E-state index in [1.807, 2.05) is 0 Å². The van der Waals surface area contributed by atoms with Gasteiger partial charge >= 0.3 is 6.18 Å². The van der Waals surface area contributed by atoms with Gasteiger partial charge in [-0.15, -0.1) is 0 Å². The standard InChI is InChI=1S/C12H19F3N2O2/c13-12(14,15)10-7-17(6-9(10)11(16)18)5-8-1-3-19-4-2-8/h8-10H,1-7H2,(H2,16,18)/t9-,10-/m1/s1. The van der Waals surface area contributed by atoms with Crippen molar-refractivity contribution >= 4 is 5.91 Å². The Balaban J connectivity index is 1.95. The van der Waals surface area contributed by atoms with E-state index in [1.165, 1.54) is 0 Å². The number of carbonyl (C=O) groups excluding carboxylic acids is 1. The normalized spacial score (nSPS) is 30.7. The molecule has 2 aliphatic rings. The van der Waals surface area contributed by atoms with Crippen LogP contribution in [0.3, 0.4) is 0 Å². The molecule has 0 aliphatic carbocycles. The molecule has 2 saturated heterocycles. The molecule has 2 atom stereocenters. The van der Waals surface area contributed by atoms with Crippen LogP contribution in [0.5, 0.6) is 0 Å². The second-order valence-electron chi connectivity index (χ2n) is 5.43. The number of primary amides is 1. The zero-order valence-electron chi connectivity index (χ0n) is 10.7. The van der Waals surface area contributed by atoms with E-state index in [0.717, 1.165) is 12.8 Å². The van der Waals surface area contributed by atoms with E-state index in [0.29, 0.717) is 25.7 Å². The maximum absolute atomic E-state index is 12.9. The zero-order chi connectivity index (χ0) is 14.0. The number of ether oxygens (including phenoxy) is 1. The fourth-order valence-corrected chi connectivity index (χ4v) is 2.95. The van der Waals surface area contributed by atoms with E-state index in [1.54, 1.807) is 4.90 Å². The number of hydrogen-bond donors (Lipinski definition) is 1. The van der Waals surface area contributed by atoms with Crippen molar-refractivity contribution in [1.82, 2.24) is 4.90 Å². The van der Waals surface area contributed by atoms with Crippen molar-refractivity contribution in [3.63, 3.8) is 0 Å². The molecule has 0 aromatic carbocycles. The maximum atomic E-state index is 12.9. The number of nitrogens with two attached hydrogens (primary N) is 1. The Kier molecular flexibility index (Phi) is 4.35. The largest absolute Gasteiger partial charge is 0.393 e. The van der Waals surface area contributed by atoms with E-state index in [4.69, 9.17) is 10.5 Å². The van der Waals surface area contributed by atoms with Crippen LogP contribution in [-0.4, -0.2) is 49.8 Å². The molecule has 2 heterocycles. The van der Waals surface area contributed by atoms with Crippen molar-refractivity contribution in [2.45, 2.75) is 19.0 Å². The summed E-state index contributed by atoms with van der Waals surface area (Å²) in [4.78, 5) is 12.9. The molecule has 7 heteroatoms. The molecule has 2 fully saturated rings. The van der Waals surface area contributed by atoms with Gasteiger partial charge in [0.1, 0.15) is 0 Å². The van der Waals surface area contributed by atoms with Crippen molar-refractivity contribution in [1.29, 1.82) is 0 Å². The number of alkyl halides is 3. The first-order valence-corrected chi connectivity index (χ1v) is 6.54. The van der Waals surface area contributed by atoms with E-state index in [9.17, 15) is 18.0 Å². The first-order valence-electron chi connectivity index (χ1n) is 6.54. The Morgan fingerprint density at radius 2 is 1.89 bits per heavy atom. The predicted octanol–water partition coefficient (Wildman–Crippen LogP) is 1.01. The van der Waals surface area contributed by atoms with Crippen molar-refractivity contribution in [3.8, 4) is 0 Å². The number of nitrogens with zero attached hydrogens (tertiary/aromatic N) is 1. The lowest BCUT2D eigenvalue weighted by Crippen LogP contribution is -2.37. The minimum atomic E-state index is -4.36. The third-order valence-electron chi connectivity index (χ3n) is 4.04. The number of amides is 1. The van der Waals surface area contributed by atoms with Gasteiger partial charge in [-0.2, -0.15) is 13.2 Å². The molecule has 0 spiro atoms. The lowest BCUT2D eigenvalue weighted by molar-refractivity contribution is -0.182. The Labute approximate surface area is 110 Å². The molecule has 0 aromatic rings. The predicted molar refractivity (Wildman–Crippen MR) is 62.2 cm³/mol. The highest BCUT2D eigenvalue weighted by atomic mass is 19.4. The van der Waals surface area contributed by atoms with Gasteiger partial charge < -0.3 is 15.4 Å². The highest BCUT2D eigenvalue weighted by molar-refractivity contribution is 5.77. The van der Waals surface area contributed by atoms with Crippen molar-refractivity contribution in [2.24, 2.45) is 23.5 Å². The van der Waals surface area contributed by atoms with Crippen LogP contribution >= 0.6 is 0 Å². The number of likely N-dealkylation sites (tertiary alicyclic amines) is 1. The molecule has 0 radical (unpaired) electrons. The summed E-state index contributed by atoms with van der Waals surface area (Å²) in [5, 5.41) is 0. The van der Waals surface area contributed by atoms with E-state index >= 15 is 0 Å². The topological polar surface area (TPSA) is 55.6 Å². The van der Waals surface area contributed by atoms with E-state index in [-0.39, 0.29) is 13.1 Å². The smallest absolute Gasteiger partial charge is 0.381 e. The summed E-state index contributed by atoms with van der Waals surface area (Å²) >= 11 is 0. The zero-order valence-corrected chi connectivity index (χ0v) is 10.7. The molecule has 1 amide bonds. The second-order valence-corrected chi connectivity index (χ2v) is 5.43. The fourth-order valence-electron chi connectivity index (χ4n) is 2.95. The Bertz CT molecular complexity index is 329. The third-order valence-corrected chi connectivity index (χ3v) is 4.04. The van der Waals surface area contributed by atoms with Crippen molar-refractivity contribution in [3.05, 3.63) is 0 Å². The van der Waals surface area contributed by atoms with Crippen LogP contribution in [0.4, 0.5) is 13.2 Å². The van der Waals surface area contributed by atoms with Gasteiger partial charge in [-0.25, -0.2) is 0 Å². The lowest BCUT2D eigenvalue weighted by Gasteiger charge is -2.27. The van der Waals surface area contributed by atoms with Crippen molar-refractivity contribution < 1.29 is 22.7 Å². The average Bonchev–Trinajstić information content (AvgIpc) is 2.74. The number of hydrogen-bond acceptors (Lipinski definition) is 3. The molecule has 2 aliphatic heterocycles. The van der Waals surface area contributed by atoms with Gasteiger partial charge in [-0.1, -0.05) is 0 Å². The van der Waals surface area contributed by atoms with Crippen LogP contribution in [0, 0.1) is 17.8 Å². The molecule has 2 rings (SSSR count). The molecule has 0 saturated carbocycles. The second kappa shape index (κ2) is 5.66. The average molecular weight is 280 g/mol. The molecule has 0 aromatic heterocycles. The SMILES string of the molecule is NC(=O)[C@@H]1CN(CC2CCOCC2)C[C@H]1C(F)(F)F. The van der Waals surface area contributed by atoms with Crippen LogP contribution < -0.4 is 5.73 Å².